The van der Waals surface area contributed by atoms with E-state index in [9.17, 15) is 4.79 Å². The number of carbonyl (C=O) groups is 1. The number of hydrogen-bond donors (Lipinski definition) is 1. The molecular formula is C20H16N4OS2. The van der Waals surface area contributed by atoms with Crippen molar-refractivity contribution in [1.29, 1.82) is 0 Å². The van der Waals surface area contributed by atoms with Crippen molar-refractivity contribution in [3.8, 4) is 10.7 Å². The Morgan fingerprint density at radius 2 is 1.89 bits per heavy atom. The standard InChI is InChI=1S/C20H16N4OS2/c25-18(11-15-13-26-19(23-15)17-8-4-5-9-21-17)24-20-22-12-16(27-20)10-14-6-2-1-3-7-14/h1-9,12-13H,10-11H2,(H,22,24,25). The van der Waals surface area contributed by atoms with Crippen LogP contribution in [0.2, 0.25) is 0 Å². The zero-order chi connectivity index (χ0) is 18.5. The van der Waals surface area contributed by atoms with E-state index in [1.807, 2.05) is 48.0 Å². The first-order chi connectivity index (χ1) is 13.3. The van der Waals surface area contributed by atoms with Crippen LogP contribution in [0.3, 0.4) is 0 Å². The van der Waals surface area contributed by atoms with Crippen LogP contribution < -0.4 is 5.32 Å². The van der Waals surface area contributed by atoms with Crippen LogP contribution in [0.4, 0.5) is 5.13 Å². The Balaban J connectivity index is 1.35. The molecule has 0 spiro atoms. The third-order valence-electron chi connectivity index (χ3n) is 3.80. The number of carbonyl (C=O) groups excluding carboxylic acids is 1. The van der Waals surface area contributed by atoms with Gasteiger partial charge in [-0.3, -0.25) is 9.78 Å². The van der Waals surface area contributed by atoms with Crippen molar-refractivity contribution in [2.75, 3.05) is 5.32 Å². The molecule has 7 heteroatoms. The lowest BCUT2D eigenvalue weighted by atomic mass is 10.1. The van der Waals surface area contributed by atoms with E-state index in [0.717, 1.165) is 27.7 Å². The van der Waals surface area contributed by atoms with Crippen molar-refractivity contribution in [2.24, 2.45) is 0 Å². The van der Waals surface area contributed by atoms with Crippen molar-refractivity contribution in [1.82, 2.24) is 15.0 Å². The Hall–Kier alpha value is -2.90. The van der Waals surface area contributed by atoms with Gasteiger partial charge in [0.2, 0.25) is 5.91 Å². The Bertz CT molecular complexity index is 1030. The lowest BCUT2D eigenvalue weighted by Crippen LogP contribution is -2.14. The van der Waals surface area contributed by atoms with Gasteiger partial charge in [0.25, 0.3) is 0 Å². The van der Waals surface area contributed by atoms with E-state index in [0.29, 0.717) is 5.13 Å². The van der Waals surface area contributed by atoms with Gasteiger partial charge in [0, 0.05) is 29.1 Å². The molecule has 0 aliphatic carbocycles. The van der Waals surface area contributed by atoms with Crippen molar-refractivity contribution in [3.05, 3.63) is 82.4 Å². The van der Waals surface area contributed by atoms with Crippen LogP contribution in [0, 0.1) is 0 Å². The third kappa shape index (κ3) is 4.64. The highest BCUT2D eigenvalue weighted by atomic mass is 32.1. The average molecular weight is 393 g/mol. The summed E-state index contributed by atoms with van der Waals surface area (Å²) in [5.74, 6) is -0.117. The normalized spacial score (nSPS) is 10.7. The van der Waals surface area contributed by atoms with Gasteiger partial charge in [0.1, 0.15) is 5.01 Å². The molecule has 134 valence electrons. The Labute approximate surface area is 164 Å². The fourth-order valence-corrected chi connectivity index (χ4v) is 4.23. The zero-order valence-corrected chi connectivity index (χ0v) is 16.0. The predicted octanol–water partition coefficient (Wildman–Crippen LogP) is 4.43. The van der Waals surface area contributed by atoms with Crippen molar-refractivity contribution in [2.45, 2.75) is 12.8 Å². The number of anilines is 1. The van der Waals surface area contributed by atoms with Gasteiger partial charge in [-0.05, 0) is 17.7 Å². The van der Waals surface area contributed by atoms with E-state index in [2.05, 4.69) is 32.4 Å². The lowest BCUT2D eigenvalue weighted by Gasteiger charge is -1.99. The third-order valence-corrected chi connectivity index (χ3v) is 5.62. The highest BCUT2D eigenvalue weighted by molar-refractivity contribution is 7.15. The largest absolute Gasteiger partial charge is 0.302 e. The molecule has 0 unspecified atom stereocenters. The molecule has 3 aromatic heterocycles. The number of amides is 1. The number of aromatic nitrogens is 3. The summed E-state index contributed by atoms with van der Waals surface area (Å²) >= 11 is 2.99. The maximum atomic E-state index is 12.3. The van der Waals surface area contributed by atoms with Crippen molar-refractivity contribution in [3.63, 3.8) is 0 Å². The summed E-state index contributed by atoms with van der Waals surface area (Å²) < 4.78 is 0. The second-order valence-electron chi connectivity index (χ2n) is 5.88. The molecule has 0 saturated heterocycles. The highest BCUT2D eigenvalue weighted by Gasteiger charge is 2.12. The Morgan fingerprint density at radius 1 is 1.04 bits per heavy atom. The van der Waals surface area contributed by atoms with E-state index < -0.39 is 0 Å². The monoisotopic (exact) mass is 392 g/mol. The summed E-state index contributed by atoms with van der Waals surface area (Å²) in [7, 11) is 0. The molecule has 4 aromatic rings. The fourth-order valence-electron chi connectivity index (χ4n) is 2.57. The molecule has 4 rings (SSSR count). The topological polar surface area (TPSA) is 67.8 Å². The van der Waals surface area contributed by atoms with Gasteiger partial charge in [-0.15, -0.1) is 22.7 Å². The number of benzene rings is 1. The highest BCUT2D eigenvalue weighted by Crippen LogP contribution is 2.23. The molecule has 1 aromatic carbocycles. The number of hydrogen-bond acceptors (Lipinski definition) is 6. The second kappa shape index (κ2) is 8.20. The number of nitrogens with one attached hydrogen (secondary N) is 1. The summed E-state index contributed by atoms with van der Waals surface area (Å²) in [5, 5.41) is 6.19. The maximum absolute atomic E-state index is 12.3. The van der Waals surface area contributed by atoms with Gasteiger partial charge in [0.15, 0.2) is 5.13 Å². The van der Waals surface area contributed by atoms with Crippen LogP contribution in [-0.2, 0) is 17.6 Å². The van der Waals surface area contributed by atoms with Crippen molar-refractivity contribution >= 4 is 33.7 Å². The summed E-state index contributed by atoms with van der Waals surface area (Å²) in [6.07, 6.45) is 4.58. The van der Waals surface area contributed by atoms with Crippen LogP contribution in [0.5, 0.6) is 0 Å². The maximum Gasteiger partial charge on any atom is 0.232 e. The van der Waals surface area contributed by atoms with Crippen LogP contribution in [0.25, 0.3) is 10.7 Å². The molecule has 0 saturated carbocycles. The van der Waals surface area contributed by atoms with E-state index in [1.165, 1.54) is 28.2 Å². The Morgan fingerprint density at radius 3 is 2.70 bits per heavy atom. The van der Waals surface area contributed by atoms with Crippen molar-refractivity contribution < 1.29 is 4.79 Å². The van der Waals surface area contributed by atoms with Crippen LogP contribution in [0.1, 0.15) is 16.1 Å². The number of thiazole rings is 2. The first-order valence-corrected chi connectivity index (χ1v) is 10.1. The molecule has 3 heterocycles. The minimum absolute atomic E-state index is 0.117. The van der Waals surface area contributed by atoms with E-state index >= 15 is 0 Å². The van der Waals surface area contributed by atoms with Gasteiger partial charge < -0.3 is 5.32 Å². The van der Waals surface area contributed by atoms with Gasteiger partial charge in [-0.2, -0.15) is 0 Å². The molecule has 0 radical (unpaired) electrons. The van der Waals surface area contributed by atoms with Gasteiger partial charge >= 0.3 is 0 Å². The minimum atomic E-state index is -0.117. The molecule has 1 amide bonds. The molecule has 0 bridgehead atoms. The molecule has 0 fully saturated rings. The molecular weight excluding hydrogens is 376 g/mol. The fraction of sp³-hybridized carbons (Fsp3) is 0.100. The SMILES string of the molecule is O=C(Cc1csc(-c2ccccn2)n1)Nc1ncc(Cc2ccccc2)s1. The molecule has 5 nitrogen and oxygen atoms in total. The van der Waals surface area contributed by atoms with Crippen LogP contribution >= 0.6 is 22.7 Å². The van der Waals surface area contributed by atoms with Gasteiger partial charge in [-0.25, -0.2) is 9.97 Å². The summed E-state index contributed by atoms with van der Waals surface area (Å²) in [6.45, 7) is 0. The minimum Gasteiger partial charge on any atom is -0.302 e. The summed E-state index contributed by atoms with van der Waals surface area (Å²) in [4.78, 5) is 26.5. The number of rotatable bonds is 6. The summed E-state index contributed by atoms with van der Waals surface area (Å²) in [6, 6.07) is 15.9. The average Bonchev–Trinajstić information content (AvgIpc) is 3.33. The van der Waals surface area contributed by atoms with Gasteiger partial charge in [0.05, 0.1) is 17.8 Å². The van der Waals surface area contributed by atoms with E-state index in [4.69, 9.17) is 0 Å². The molecule has 0 atom stereocenters. The smallest absolute Gasteiger partial charge is 0.232 e. The molecule has 27 heavy (non-hydrogen) atoms. The summed E-state index contributed by atoms with van der Waals surface area (Å²) in [5.41, 5.74) is 2.78. The number of pyridine rings is 1. The quantitative estimate of drug-likeness (QED) is 0.527. The lowest BCUT2D eigenvalue weighted by molar-refractivity contribution is -0.115. The molecule has 1 N–H and O–H groups in total. The molecule has 0 aliphatic rings. The Kier molecular flexibility index (Phi) is 5.32. The van der Waals surface area contributed by atoms with Gasteiger partial charge in [-0.1, -0.05) is 36.4 Å². The van der Waals surface area contributed by atoms with E-state index in [-0.39, 0.29) is 12.3 Å². The number of nitrogens with zero attached hydrogens (tertiary/aromatic N) is 3. The van der Waals surface area contributed by atoms with Crippen LogP contribution in [-0.4, -0.2) is 20.9 Å². The first kappa shape index (κ1) is 17.5. The molecule has 0 aliphatic heterocycles. The first-order valence-electron chi connectivity index (χ1n) is 8.40. The second-order valence-corrected chi connectivity index (χ2v) is 7.85. The zero-order valence-electron chi connectivity index (χ0n) is 14.3. The van der Waals surface area contributed by atoms with Crippen LogP contribution in [0.15, 0.2) is 66.3 Å². The van der Waals surface area contributed by atoms with E-state index in [1.54, 1.807) is 6.20 Å². The predicted molar refractivity (Wildman–Crippen MR) is 109 cm³/mol.